The van der Waals surface area contributed by atoms with E-state index in [1.807, 2.05) is 12.1 Å². The Hall–Kier alpha value is -3.70. The van der Waals surface area contributed by atoms with Gasteiger partial charge in [-0.15, -0.1) is 0 Å². The highest BCUT2D eigenvalue weighted by Gasteiger charge is 2.41. The summed E-state index contributed by atoms with van der Waals surface area (Å²) in [5.41, 5.74) is 2.88. The number of hydrogen-bond donors (Lipinski definition) is 1. The fraction of sp³-hybridized carbons (Fsp3) is 0.280. The zero-order chi connectivity index (χ0) is 27.8. The maximum absolute atomic E-state index is 14.9. The van der Waals surface area contributed by atoms with Gasteiger partial charge < -0.3 is 4.74 Å². The summed E-state index contributed by atoms with van der Waals surface area (Å²) in [6.45, 7) is 3.19. The number of nitrogens with one attached hydrogen (secondary N) is 1. The largest absolute Gasteiger partial charge is 0.487 e. The number of rotatable bonds is 8. The molecule has 2 aromatic carbocycles. The predicted molar refractivity (Wildman–Crippen MR) is 130 cm³/mol. The van der Waals surface area contributed by atoms with Gasteiger partial charge in [-0.1, -0.05) is 23.7 Å². The zero-order valence-electron chi connectivity index (χ0n) is 21.3. The van der Waals surface area contributed by atoms with Gasteiger partial charge in [0.25, 0.3) is 0 Å². The van der Waals surface area contributed by atoms with Crippen LogP contribution in [0.5, 0.6) is 5.75 Å². The van der Waals surface area contributed by atoms with Crippen molar-refractivity contribution in [3.63, 3.8) is 0 Å². The van der Waals surface area contributed by atoms with Crippen LogP contribution >= 0.6 is 11.6 Å². The van der Waals surface area contributed by atoms with Crippen LogP contribution in [0.2, 0.25) is 5.02 Å². The number of pyridine rings is 1. The SMILES string of the molecule is [2H][C@](C)(c1cc(F)cc(Cl)c1COc1cccc2c(-c3ncnn3C)cc(C)nc12)C(F)(F)ONC(C)=O. The Morgan fingerprint density at radius 3 is 2.76 bits per heavy atom. The molecule has 1 atom stereocenters. The van der Waals surface area contributed by atoms with E-state index < -0.39 is 35.9 Å². The van der Waals surface area contributed by atoms with Crippen LogP contribution in [0.4, 0.5) is 13.2 Å². The van der Waals surface area contributed by atoms with Crippen LogP contribution in [0.15, 0.2) is 42.7 Å². The van der Waals surface area contributed by atoms with Crippen molar-refractivity contribution in [1.82, 2.24) is 25.2 Å². The smallest absolute Gasteiger partial charge is 0.381 e. The summed E-state index contributed by atoms with van der Waals surface area (Å²) >= 11 is 6.25. The van der Waals surface area contributed by atoms with Gasteiger partial charge in [-0.05, 0) is 43.7 Å². The lowest BCUT2D eigenvalue weighted by molar-refractivity contribution is -0.278. The van der Waals surface area contributed by atoms with E-state index >= 15 is 0 Å². The van der Waals surface area contributed by atoms with Crippen LogP contribution < -0.4 is 10.2 Å². The van der Waals surface area contributed by atoms with E-state index in [1.54, 1.807) is 30.8 Å². The number of hydrogen-bond acceptors (Lipinski definition) is 6. The van der Waals surface area contributed by atoms with Crippen molar-refractivity contribution in [2.24, 2.45) is 7.05 Å². The average Bonchev–Trinajstić information content (AvgIpc) is 3.27. The highest BCUT2D eigenvalue weighted by Crippen LogP contribution is 2.39. The molecule has 4 rings (SSSR count). The number of amides is 1. The van der Waals surface area contributed by atoms with E-state index in [0.717, 1.165) is 31.5 Å². The summed E-state index contributed by atoms with van der Waals surface area (Å²) in [5.74, 6) is -3.80. The first kappa shape index (κ1) is 25.0. The molecule has 0 aliphatic carbocycles. The Labute approximate surface area is 216 Å². The van der Waals surface area contributed by atoms with Crippen molar-refractivity contribution in [2.75, 3.05) is 0 Å². The van der Waals surface area contributed by atoms with Crippen LogP contribution in [0, 0.1) is 12.7 Å². The highest BCUT2D eigenvalue weighted by atomic mass is 35.5. The van der Waals surface area contributed by atoms with Gasteiger partial charge in [-0.2, -0.15) is 13.9 Å². The molecule has 8 nitrogen and oxygen atoms in total. The second-order valence-electron chi connectivity index (χ2n) is 8.28. The Kier molecular flexibility index (Phi) is 6.98. The number of fused-ring (bicyclic) bond motifs is 1. The fourth-order valence-electron chi connectivity index (χ4n) is 3.80. The molecule has 0 bridgehead atoms. The molecule has 0 saturated carbocycles. The minimum Gasteiger partial charge on any atom is -0.487 e. The standard InChI is InChI=1S/C25H23ClF3N5O3/c1-13-8-19(24-30-12-31-34(24)4)17-6-5-7-22(23(17)32-13)36-11-20-18(9-16(27)10-21(20)26)14(2)25(28,29)37-33-15(3)35/h5-10,12,14H,11H2,1-4H3,(H,33,35)/t14-/m0/s1/i14D. The summed E-state index contributed by atoms with van der Waals surface area (Å²) in [6.07, 6.45) is -2.83. The number of aromatic nitrogens is 4. The van der Waals surface area contributed by atoms with Crippen molar-refractivity contribution >= 4 is 28.4 Å². The molecular weight excluding hydrogens is 511 g/mol. The van der Waals surface area contributed by atoms with Crippen LogP contribution in [-0.2, 0) is 23.3 Å². The molecule has 0 radical (unpaired) electrons. The topological polar surface area (TPSA) is 91.2 Å². The maximum atomic E-state index is 14.9. The highest BCUT2D eigenvalue weighted by molar-refractivity contribution is 6.31. The quantitative estimate of drug-likeness (QED) is 0.301. The minimum absolute atomic E-state index is 0.0603. The van der Waals surface area contributed by atoms with E-state index in [4.69, 9.17) is 17.7 Å². The Morgan fingerprint density at radius 2 is 2.08 bits per heavy atom. The molecule has 0 spiro atoms. The number of nitrogens with zero attached hydrogens (tertiary/aromatic N) is 4. The monoisotopic (exact) mass is 534 g/mol. The van der Waals surface area contributed by atoms with Crippen molar-refractivity contribution < 1.29 is 28.9 Å². The first-order chi connectivity index (χ1) is 17.8. The molecule has 1 N–H and O–H groups in total. The maximum Gasteiger partial charge on any atom is 0.381 e. The van der Waals surface area contributed by atoms with Gasteiger partial charge in [0.1, 0.15) is 30.0 Å². The van der Waals surface area contributed by atoms with Gasteiger partial charge in [0, 0.05) is 37.5 Å². The first-order valence-electron chi connectivity index (χ1n) is 11.5. The van der Waals surface area contributed by atoms with Crippen LogP contribution in [-0.4, -0.2) is 31.8 Å². The first-order valence-corrected chi connectivity index (χ1v) is 11.4. The number of carbonyl (C=O) groups is 1. The van der Waals surface area contributed by atoms with Gasteiger partial charge in [-0.3, -0.25) is 4.79 Å². The van der Waals surface area contributed by atoms with E-state index in [-0.39, 0.29) is 10.6 Å². The van der Waals surface area contributed by atoms with Gasteiger partial charge >= 0.3 is 6.11 Å². The third-order valence-corrected chi connectivity index (χ3v) is 5.92. The summed E-state index contributed by atoms with van der Waals surface area (Å²) in [7, 11) is 1.76. The summed E-state index contributed by atoms with van der Waals surface area (Å²) in [6, 6.07) is 8.75. The molecule has 1 amide bonds. The molecule has 0 saturated heterocycles. The number of alkyl halides is 2. The van der Waals surface area contributed by atoms with Crippen LogP contribution in [0.25, 0.3) is 22.3 Å². The molecule has 12 heteroatoms. The summed E-state index contributed by atoms with van der Waals surface area (Å²) in [4.78, 5) is 24.2. The van der Waals surface area contributed by atoms with Crippen molar-refractivity contribution in [3.05, 3.63) is 70.4 Å². The molecule has 2 heterocycles. The number of aryl methyl sites for hydroxylation is 2. The average molecular weight is 535 g/mol. The second kappa shape index (κ2) is 10.3. The minimum atomic E-state index is -4.26. The molecule has 2 aromatic heterocycles. The normalized spacial score (nSPS) is 13.8. The van der Waals surface area contributed by atoms with Crippen LogP contribution in [0.1, 0.15) is 37.9 Å². The van der Waals surface area contributed by atoms with Gasteiger partial charge in [0.05, 0.1) is 10.9 Å². The Morgan fingerprint density at radius 1 is 1.32 bits per heavy atom. The third-order valence-electron chi connectivity index (χ3n) is 5.58. The lowest BCUT2D eigenvalue weighted by Crippen LogP contribution is -2.37. The summed E-state index contributed by atoms with van der Waals surface area (Å²) in [5, 5.41) is 4.60. The molecule has 4 aromatic rings. The number of para-hydroxylation sites is 1. The number of benzene rings is 2. The fourth-order valence-corrected chi connectivity index (χ4v) is 4.06. The van der Waals surface area contributed by atoms with Crippen molar-refractivity contribution in [1.29, 1.82) is 0 Å². The molecule has 194 valence electrons. The Balaban J connectivity index is 1.75. The third kappa shape index (κ3) is 5.52. The predicted octanol–water partition coefficient (Wildman–Crippen LogP) is 5.47. The van der Waals surface area contributed by atoms with E-state index in [0.29, 0.717) is 28.2 Å². The van der Waals surface area contributed by atoms with E-state index in [2.05, 4.69) is 19.9 Å². The molecule has 0 aliphatic heterocycles. The number of ether oxygens (including phenoxy) is 1. The number of carbonyl (C=O) groups excluding carboxylic acids is 1. The molecule has 0 fully saturated rings. The van der Waals surface area contributed by atoms with E-state index in [9.17, 15) is 18.0 Å². The van der Waals surface area contributed by atoms with Gasteiger partial charge in [-0.25, -0.2) is 29.4 Å². The molecule has 0 aliphatic rings. The second-order valence-corrected chi connectivity index (χ2v) is 8.68. The number of halogens is 4. The molecular formula is C25H23ClF3N5O3. The Bertz CT molecular complexity index is 1530. The lowest BCUT2D eigenvalue weighted by atomic mass is 9.94. The van der Waals surface area contributed by atoms with Gasteiger partial charge in [0.2, 0.25) is 5.91 Å². The van der Waals surface area contributed by atoms with Crippen molar-refractivity contribution in [2.45, 2.75) is 39.4 Å². The van der Waals surface area contributed by atoms with E-state index in [1.165, 1.54) is 11.8 Å². The number of hydroxylamine groups is 1. The van der Waals surface area contributed by atoms with Crippen LogP contribution in [0.3, 0.4) is 0 Å². The summed E-state index contributed by atoms with van der Waals surface area (Å²) < 4.78 is 60.0. The van der Waals surface area contributed by atoms with Crippen molar-refractivity contribution in [3.8, 4) is 17.1 Å². The zero-order valence-corrected chi connectivity index (χ0v) is 21.0. The molecule has 0 unspecified atom stereocenters. The van der Waals surface area contributed by atoms with Gasteiger partial charge in [0.15, 0.2) is 5.82 Å². The molecule has 37 heavy (non-hydrogen) atoms. The lowest BCUT2D eigenvalue weighted by Gasteiger charge is -2.25.